The smallest absolute Gasteiger partial charge is 0.140 e. The summed E-state index contributed by atoms with van der Waals surface area (Å²) in [6.45, 7) is 11.3. The van der Waals surface area contributed by atoms with Gasteiger partial charge >= 0.3 is 0 Å². The van der Waals surface area contributed by atoms with Gasteiger partial charge in [-0.3, -0.25) is 9.59 Å². The van der Waals surface area contributed by atoms with Crippen molar-refractivity contribution in [3.05, 3.63) is 209 Å². The van der Waals surface area contributed by atoms with Gasteiger partial charge in [0, 0.05) is 12.4 Å². The van der Waals surface area contributed by atoms with Crippen LogP contribution in [0.25, 0.3) is 29.9 Å². The molecule has 1 aliphatic rings. The van der Waals surface area contributed by atoms with Crippen molar-refractivity contribution >= 4 is 53.2 Å². The van der Waals surface area contributed by atoms with Gasteiger partial charge in [-0.05, 0) is 91.2 Å². The molecule has 4 heteroatoms. The van der Waals surface area contributed by atoms with Crippen LogP contribution in [0.2, 0.25) is 0 Å². The van der Waals surface area contributed by atoms with Gasteiger partial charge in [0.1, 0.15) is 11.6 Å². The Morgan fingerprint density at radius 2 is 0.950 bits per heavy atom. The van der Waals surface area contributed by atoms with Crippen molar-refractivity contribution in [2.75, 3.05) is 13.4 Å². The van der Waals surface area contributed by atoms with Gasteiger partial charge in [0.05, 0.1) is 12.0 Å². The number of ketones is 2. The van der Waals surface area contributed by atoms with E-state index in [9.17, 15) is 9.59 Å². The van der Waals surface area contributed by atoms with Gasteiger partial charge < -0.3 is 4.74 Å². The zero-order valence-electron chi connectivity index (χ0n) is 36.8. The lowest BCUT2D eigenvalue weighted by Gasteiger charge is -2.15. The monoisotopic (exact) mass is 816 g/mol. The highest BCUT2D eigenvalue weighted by molar-refractivity contribution is 7.99. The molecule has 0 aliphatic heterocycles. The van der Waals surface area contributed by atoms with Crippen LogP contribution in [-0.2, 0) is 20.7 Å². The molecule has 5 aromatic carbocycles. The number of rotatable bonds is 14. The number of ether oxygens (including phenoxy) is 1. The number of benzene rings is 5. The van der Waals surface area contributed by atoms with Crippen LogP contribution in [-0.4, -0.2) is 36.3 Å². The fourth-order valence-electron chi connectivity index (χ4n) is 6.41. The molecule has 4 atom stereocenters. The molecule has 0 aromatic heterocycles. The number of thioether (sulfide) groups is 1. The first-order valence-electron chi connectivity index (χ1n) is 20.8. The molecule has 5 aromatic rings. The van der Waals surface area contributed by atoms with Crippen LogP contribution in [0, 0.1) is 17.8 Å². The molecule has 0 N–H and O–H groups in total. The highest BCUT2D eigenvalue weighted by Gasteiger charge is 2.24. The summed E-state index contributed by atoms with van der Waals surface area (Å²) >= 11 is 1.86. The second-order valence-electron chi connectivity index (χ2n) is 14.8. The minimum atomic E-state index is -0.519. The van der Waals surface area contributed by atoms with E-state index in [1.807, 2.05) is 98.4 Å². The number of carbonyl (C=O) groups excluding carboxylic acids is 2. The predicted molar refractivity (Wildman–Crippen MR) is 263 cm³/mol. The van der Waals surface area contributed by atoms with Crippen LogP contribution in [0.15, 0.2) is 176 Å². The summed E-state index contributed by atoms with van der Waals surface area (Å²) in [5, 5.41) is 0.602. The standard InChI is InChI=1S/C19H18.C15H18O2.C11H14O.C11H14S/c1-15(11-12-16-7-3-2-4-8-16)18-14-13-17-9-5-6-10-19(17)18;1-11(15(12(2)16)13(3)17)9-10-14-7-5-4-6-8-14;2*1-10(12-2)8-9-11-6-4-3-5-7-11/h2-12,14-15H,13H2,1H3;4-11,15H,1-3H3;2*3-10H,1-2H3. The van der Waals surface area contributed by atoms with E-state index in [0.717, 1.165) is 12.0 Å². The summed E-state index contributed by atoms with van der Waals surface area (Å²) in [4.78, 5) is 22.8. The Hall–Kier alpha value is -5.55. The third-order valence-electron chi connectivity index (χ3n) is 9.99. The van der Waals surface area contributed by atoms with Gasteiger partial charge in [0.25, 0.3) is 0 Å². The van der Waals surface area contributed by atoms with Gasteiger partial charge in [0.2, 0.25) is 0 Å². The van der Waals surface area contributed by atoms with Gasteiger partial charge in [-0.1, -0.05) is 214 Å². The summed E-state index contributed by atoms with van der Waals surface area (Å²) in [5.41, 5.74) is 9.17. The third kappa shape index (κ3) is 18.6. The van der Waals surface area contributed by atoms with E-state index in [1.165, 1.54) is 47.2 Å². The maximum absolute atomic E-state index is 11.4. The first kappa shape index (κ1) is 48.8. The number of fused-ring (bicyclic) bond motifs is 1. The molecular weight excluding hydrogens is 753 g/mol. The van der Waals surface area contributed by atoms with E-state index in [0.29, 0.717) is 11.2 Å². The number of hydrogen-bond donors (Lipinski definition) is 0. The SMILES string of the molecule is CC(=O)C(C(C)=O)C(C)C=Cc1ccccc1.CC(C=Cc1ccccc1)C1=CCc2ccccc21.COC(C)C=Cc1ccccc1.CSC(C)C=Cc1ccccc1. The molecule has 4 unspecified atom stereocenters. The lowest BCUT2D eigenvalue weighted by atomic mass is 9.87. The van der Waals surface area contributed by atoms with E-state index < -0.39 is 5.92 Å². The van der Waals surface area contributed by atoms with Crippen molar-refractivity contribution in [3.63, 3.8) is 0 Å². The Kier molecular flexibility index (Phi) is 22.8. The average Bonchev–Trinajstić information content (AvgIpc) is 3.72. The number of methoxy groups -OCH3 is 1. The third-order valence-corrected chi connectivity index (χ3v) is 10.9. The lowest BCUT2D eigenvalue weighted by Crippen LogP contribution is -2.25. The maximum atomic E-state index is 11.4. The molecule has 60 heavy (non-hydrogen) atoms. The van der Waals surface area contributed by atoms with E-state index >= 15 is 0 Å². The summed E-state index contributed by atoms with van der Waals surface area (Å²) in [6.07, 6.45) is 22.6. The molecule has 0 spiro atoms. The Labute approximate surface area is 365 Å². The van der Waals surface area contributed by atoms with E-state index in [-0.39, 0.29) is 23.6 Å². The van der Waals surface area contributed by atoms with Crippen molar-refractivity contribution in [1.29, 1.82) is 0 Å². The Bertz CT molecular complexity index is 2050. The summed E-state index contributed by atoms with van der Waals surface area (Å²) in [6, 6.07) is 49.6. The average molecular weight is 817 g/mol. The normalized spacial score (nSPS) is 13.9. The van der Waals surface area contributed by atoms with Gasteiger partial charge in [-0.2, -0.15) is 11.8 Å². The fourth-order valence-corrected chi connectivity index (χ4v) is 6.64. The van der Waals surface area contributed by atoms with Crippen LogP contribution < -0.4 is 0 Å². The summed E-state index contributed by atoms with van der Waals surface area (Å²) in [7, 11) is 1.71. The minimum Gasteiger partial charge on any atom is -0.378 e. The number of carbonyl (C=O) groups is 2. The molecule has 6 rings (SSSR count). The first-order valence-corrected chi connectivity index (χ1v) is 22.1. The lowest BCUT2D eigenvalue weighted by molar-refractivity contribution is -0.131. The molecule has 0 radical (unpaired) electrons. The van der Waals surface area contributed by atoms with Crippen LogP contribution in [0.4, 0.5) is 0 Å². The minimum absolute atomic E-state index is 0.0646. The van der Waals surface area contributed by atoms with Crippen molar-refractivity contribution < 1.29 is 14.3 Å². The molecule has 0 fully saturated rings. The topological polar surface area (TPSA) is 43.4 Å². The van der Waals surface area contributed by atoms with Crippen LogP contribution in [0.3, 0.4) is 0 Å². The molecule has 0 saturated carbocycles. The number of Topliss-reactive ketones (excluding diaryl/α,β-unsaturated/α-hetero) is 2. The molecule has 0 bridgehead atoms. The zero-order chi connectivity index (χ0) is 43.5. The molecule has 3 nitrogen and oxygen atoms in total. The van der Waals surface area contributed by atoms with Gasteiger partial charge in [0.15, 0.2) is 0 Å². The highest BCUT2D eigenvalue weighted by Crippen LogP contribution is 2.33. The van der Waals surface area contributed by atoms with Crippen molar-refractivity contribution in [1.82, 2.24) is 0 Å². The van der Waals surface area contributed by atoms with Crippen molar-refractivity contribution in [2.24, 2.45) is 17.8 Å². The van der Waals surface area contributed by atoms with Crippen molar-refractivity contribution in [2.45, 2.75) is 59.3 Å². The maximum Gasteiger partial charge on any atom is 0.140 e. The second kappa shape index (κ2) is 28.0. The molecule has 0 amide bonds. The first-order chi connectivity index (χ1) is 29.0. The molecule has 1 aliphatic carbocycles. The summed E-state index contributed by atoms with van der Waals surface area (Å²) < 4.78 is 5.09. The fraction of sp³-hybridized carbons (Fsp3) is 0.250. The molecule has 0 saturated heterocycles. The highest BCUT2D eigenvalue weighted by atomic mass is 32.2. The second-order valence-corrected chi connectivity index (χ2v) is 16.0. The predicted octanol–water partition coefficient (Wildman–Crippen LogP) is 14.3. The zero-order valence-corrected chi connectivity index (χ0v) is 37.6. The molecule has 312 valence electrons. The quantitative estimate of drug-likeness (QED) is 0.105. The van der Waals surface area contributed by atoms with Crippen LogP contribution >= 0.6 is 11.8 Å². The van der Waals surface area contributed by atoms with E-state index in [4.69, 9.17) is 4.74 Å². The van der Waals surface area contributed by atoms with Crippen LogP contribution in [0.1, 0.15) is 74.9 Å². The Balaban J connectivity index is 0.000000218. The van der Waals surface area contributed by atoms with E-state index in [1.54, 1.807) is 7.11 Å². The molecular formula is C56H64O3S. The Morgan fingerprint density at radius 3 is 1.38 bits per heavy atom. The van der Waals surface area contributed by atoms with Crippen LogP contribution in [0.5, 0.6) is 0 Å². The summed E-state index contributed by atoms with van der Waals surface area (Å²) in [5.74, 6) is -0.255. The molecule has 0 heterocycles. The van der Waals surface area contributed by atoms with Gasteiger partial charge in [-0.25, -0.2) is 0 Å². The largest absolute Gasteiger partial charge is 0.378 e. The Morgan fingerprint density at radius 1 is 0.550 bits per heavy atom. The van der Waals surface area contributed by atoms with Gasteiger partial charge in [-0.15, -0.1) is 0 Å². The number of allylic oxidation sites excluding steroid dienone is 4. The number of hydrogen-bond acceptors (Lipinski definition) is 4. The van der Waals surface area contributed by atoms with E-state index in [2.05, 4.69) is 148 Å². The van der Waals surface area contributed by atoms with Crippen molar-refractivity contribution in [3.8, 4) is 0 Å².